The fourth-order valence-electron chi connectivity index (χ4n) is 4.11. The van der Waals surface area contributed by atoms with Crippen LogP contribution in [-0.2, 0) is 14.8 Å². The molecule has 1 atom stereocenters. The minimum absolute atomic E-state index is 0.187. The zero-order chi connectivity index (χ0) is 25.1. The summed E-state index contributed by atoms with van der Waals surface area (Å²) in [6.45, 7) is 8.20. The summed E-state index contributed by atoms with van der Waals surface area (Å²) < 4.78 is 40.0. The van der Waals surface area contributed by atoms with Crippen molar-refractivity contribution in [3.63, 3.8) is 0 Å². The molecule has 34 heavy (non-hydrogen) atoms. The number of hydrogen-bond acceptors (Lipinski definition) is 5. The van der Waals surface area contributed by atoms with Crippen LogP contribution in [0.25, 0.3) is 0 Å². The smallest absolute Gasteiger partial charge is 0.410 e. The molecule has 0 aliphatic carbocycles. The molecular formula is C25H33ClN2O5S. The predicted octanol–water partition coefficient (Wildman–Crippen LogP) is 5.50. The van der Waals surface area contributed by atoms with Crippen LogP contribution in [-0.4, -0.2) is 55.6 Å². The number of likely N-dealkylation sites (tertiary alicyclic amines) is 1. The monoisotopic (exact) mass is 508 g/mol. The lowest BCUT2D eigenvalue weighted by molar-refractivity contribution is 0.0169. The highest BCUT2D eigenvalue weighted by Gasteiger charge is 2.39. The van der Waals surface area contributed by atoms with Crippen molar-refractivity contribution in [2.75, 3.05) is 20.2 Å². The molecule has 186 valence electrons. The van der Waals surface area contributed by atoms with Gasteiger partial charge < -0.3 is 14.4 Å². The number of hydrogen-bond donors (Lipinski definition) is 0. The van der Waals surface area contributed by atoms with Crippen LogP contribution in [0.5, 0.6) is 5.75 Å². The summed E-state index contributed by atoms with van der Waals surface area (Å²) in [5, 5.41) is 0.472. The topological polar surface area (TPSA) is 76.2 Å². The molecule has 1 aliphatic heterocycles. The number of methoxy groups -OCH3 is 1. The molecule has 1 saturated heterocycles. The summed E-state index contributed by atoms with van der Waals surface area (Å²) in [5.41, 5.74) is 0.272. The second-order valence-electron chi connectivity index (χ2n) is 9.44. The Morgan fingerprint density at radius 3 is 2.12 bits per heavy atom. The lowest BCUT2D eigenvalue weighted by atomic mass is 10.0. The van der Waals surface area contributed by atoms with Crippen LogP contribution < -0.4 is 4.74 Å². The summed E-state index contributed by atoms with van der Waals surface area (Å²) in [6, 6.07) is 12.9. The number of piperidine rings is 1. The molecule has 1 aliphatic rings. The van der Waals surface area contributed by atoms with Gasteiger partial charge in [0.15, 0.2) is 0 Å². The highest BCUT2D eigenvalue weighted by atomic mass is 35.5. The summed E-state index contributed by atoms with van der Waals surface area (Å²) in [6.07, 6.45) is 0.639. The van der Waals surface area contributed by atoms with Gasteiger partial charge in [0.05, 0.1) is 12.0 Å². The van der Waals surface area contributed by atoms with Crippen molar-refractivity contribution in [2.24, 2.45) is 0 Å². The molecule has 2 aromatic carbocycles. The number of halogens is 1. The van der Waals surface area contributed by atoms with Crippen molar-refractivity contribution in [3.8, 4) is 5.75 Å². The van der Waals surface area contributed by atoms with Gasteiger partial charge >= 0.3 is 6.09 Å². The SMILES string of the molecule is COc1ccc(C(C)N(C2CCN(C(=O)OC(C)(C)C)CC2)S(=O)(=O)c2ccc(Cl)cc2)cc1. The first-order valence-corrected chi connectivity index (χ1v) is 13.1. The van der Waals surface area contributed by atoms with Crippen LogP contribution in [0, 0.1) is 0 Å². The third-order valence-electron chi connectivity index (χ3n) is 5.85. The fourth-order valence-corrected chi connectivity index (χ4v) is 6.10. The van der Waals surface area contributed by atoms with E-state index in [1.165, 1.54) is 12.1 Å². The van der Waals surface area contributed by atoms with E-state index < -0.39 is 21.7 Å². The van der Waals surface area contributed by atoms with E-state index in [0.717, 1.165) is 5.56 Å². The molecule has 3 rings (SSSR count). The number of amides is 1. The van der Waals surface area contributed by atoms with Gasteiger partial charge in [-0.1, -0.05) is 23.7 Å². The number of rotatable bonds is 6. The summed E-state index contributed by atoms with van der Waals surface area (Å²) in [4.78, 5) is 14.3. The van der Waals surface area contributed by atoms with E-state index in [1.807, 2.05) is 52.0 Å². The maximum absolute atomic E-state index is 13.8. The van der Waals surface area contributed by atoms with Crippen LogP contribution >= 0.6 is 11.6 Å². The number of ether oxygens (including phenoxy) is 2. The van der Waals surface area contributed by atoms with Crippen LogP contribution in [0.2, 0.25) is 5.02 Å². The van der Waals surface area contributed by atoms with E-state index in [1.54, 1.807) is 28.4 Å². The number of benzene rings is 2. The maximum atomic E-state index is 13.8. The Hall–Kier alpha value is -2.29. The predicted molar refractivity (Wildman–Crippen MR) is 133 cm³/mol. The van der Waals surface area contributed by atoms with Crippen LogP contribution in [0.1, 0.15) is 52.1 Å². The van der Waals surface area contributed by atoms with Crippen molar-refractivity contribution >= 4 is 27.7 Å². The normalized spacial score (nSPS) is 16.4. The quantitative estimate of drug-likeness (QED) is 0.515. The van der Waals surface area contributed by atoms with E-state index in [0.29, 0.717) is 36.7 Å². The van der Waals surface area contributed by atoms with Gasteiger partial charge in [-0.05, 0) is 82.5 Å². The molecule has 0 N–H and O–H groups in total. The second-order valence-corrected chi connectivity index (χ2v) is 11.7. The van der Waals surface area contributed by atoms with Gasteiger partial charge in [-0.2, -0.15) is 4.31 Å². The van der Waals surface area contributed by atoms with E-state index in [-0.39, 0.29) is 17.0 Å². The number of nitrogens with zero attached hydrogens (tertiary/aromatic N) is 2. The molecule has 1 amide bonds. The molecule has 9 heteroatoms. The molecule has 0 saturated carbocycles. The Morgan fingerprint density at radius 1 is 1.06 bits per heavy atom. The fraction of sp³-hybridized carbons (Fsp3) is 0.480. The lowest BCUT2D eigenvalue weighted by Crippen LogP contribution is -2.50. The van der Waals surface area contributed by atoms with Gasteiger partial charge in [-0.3, -0.25) is 0 Å². The molecular weight excluding hydrogens is 476 g/mol. The van der Waals surface area contributed by atoms with Crippen LogP contribution in [0.3, 0.4) is 0 Å². The van der Waals surface area contributed by atoms with Gasteiger partial charge in [0, 0.05) is 30.2 Å². The molecule has 1 heterocycles. The summed E-state index contributed by atoms with van der Waals surface area (Å²) in [7, 11) is -2.25. The summed E-state index contributed by atoms with van der Waals surface area (Å²) in [5.74, 6) is 0.703. The largest absolute Gasteiger partial charge is 0.497 e. The molecule has 0 aromatic heterocycles. The number of carbonyl (C=O) groups excluding carboxylic acids is 1. The highest BCUT2D eigenvalue weighted by Crippen LogP contribution is 2.34. The second kappa shape index (κ2) is 10.5. The van der Waals surface area contributed by atoms with E-state index >= 15 is 0 Å². The Labute approximate surface area is 207 Å². The molecule has 0 radical (unpaired) electrons. The standard InChI is InChI=1S/C25H33ClN2O5S/c1-18(19-6-10-22(32-5)11-7-19)28(34(30,31)23-12-8-20(26)9-13-23)21-14-16-27(17-15-21)24(29)33-25(2,3)4/h6-13,18,21H,14-17H2,1-5H3. The minimum Gasteiger partial charge on any atom is -0.497 e. The summed E-state index contributed by atoms with van der Waals surface area (Å²) >= 11 is 6.00. The van der Waals surface area contributed by atoms with Gasteiger partial charge in [-0.15, -0.1) is 0 Å². The van der Waals surface area contributed by atoms with E-state index in [2.05, 4.69) is 0 Å². The van der Waals surface area contributed by atoms with Crippen LogP contribution in [0.4, 0.5) is 4.79 Å². The molecule has 0 bridgehead atoms. The zero-order valence-corrected chi connectivity index (χ0v) is 21.9. The highest BCUT2D eigenvalue weighted by molar-refractivity contribution is 7.89. The lowest BCUT2D eigenvalue weighted by Gasteiger charge is -2.40. The molecule has 2 aromatic rings. The first kappa shape index (κ1) is 26.3. The first-order valence-electron chi connectivity index (χ1n) is 11.3. The average Bonchev–Trinajstić information content (AvgIpc) is 2.78. The number of carbonyl (C=O) groups is 1. The minimum atomic E-state index is -3.84. The third-order valence-corrected chi connectivity index (χ3v) is 8.13. The Kier molecular flexibility index (Phi) is 8.16. The van der Waals surface area contributed by atoms with Gasteiger partial charge in [0.25, 0.3) is 0 Å². The molecule has 1 unspecified atom stereocenters. The van der Waals surface area contributed by atoms with Crippen LogP contribution in [0.15, 0.2) is 53.4 Å². The van der Waals surface area contributed by atoms with E-state index in [4.69, 9.17) is 21.1 Å². The van der Waals surface area contributed by atoms with Gasteiger partial charge in [0.1, 0.15) is 11.4 Å². The molecule has 0 spiro atoms. The average molecular weight is 509 g/mol. The van der Waals surface area contributed by atoms with Gasteiger partial charge in [0.2, 0.25) is 10.0 Å². The van der Waals surface area contributed by atoms with E-state index in [9.17, 15) is 13.2 Å². The van der Waals surface area contributed by atoms with Crippen molar-refractivity contribution in [1.29, 1.82) is 0 Å². The number of sulfonamides is 1. The first-order chi connectivity index (χ1) is 15.9. The van der Waals surface area contributed by atoms with Gasteiger partial charge in [-0.25, -0.2) is 13.2 Å². The maximum Gasteiger partial charge on any atom is 0.410 e. The Morgan fingerprint density at radius 2 is 1.62 bits per heavy atom. The van der Waals surface area contributed by atoms with Crippen molar-refractivity contribution in [3.05, 3.63) is 59.1 Å². The zero-order valence-electron chi connectivity index (χ0n) is 20.3. The Balaban J connectivity index is 1.89. The van der Waals surface area contributed by atoms with Crippen molar-refractivity contribution < 1.29 is 22.7 Å². The van der Waals surface area contributed by atoms with Crippen molar-refractivity contribution in [2.45, 2.75) is 63.1 Å². The van der Waals surface area contributed by atoms with Crippen molar-refractivity contribution in [1.82, 2.24) is 9.21 Å². The third kappa shape index (κ3) is 6.23. The molecule has 7 nitrogen and oxygen atoms in total. The molecule has 1 fully saturated rings. The Bertz CT molecular complexity index is 1070.